The first-order valence-electron chi connectivity index (χ1n) is 6.17. The Morgan fingerprint density at radius 1 is 1.53 bits per heavy atom. The first-order valence-corrected chi connectivity index (χ1v) is 6.17. The highest BCUT2D eigenvalue weighted by Gasteiger charge is 2.35. The summed E-state index contributed by atoms with van der Waals surface area (Å²) in [6.45, 7) is 2.93. The van der Waals surface area contributed by atoms with E-state index in [2.05, 4.69) is 12.2 Å². The molecule has 0 radical (unpaired) electrons. The summed E-state index contributed by atoms with van der Waals surface area (Å²) in [5.74, 6) is 0.818. The van der Waals surface area contributed by atoms with Crippen LogP contribution >= 0.6 is 0 Å². The van der Waals surface area contributed by atoms with Gasteiger partial charge in [-0.2, -0.15) is 0 Å². The van der Waals surface area contributed by atoms with Crippen molar-refractivity contribution in [1.82, 2.24) is 5.32 Å². The zero-order valence-electron chi connectivity index (χ0n) is 10.1. The molecule has 2 rings (SSSR count). The fourth-order valence-electron chi connectivity index (χ4n) is 2.22. The summed E-state index contributed by atoms with van der Waals surface area (Å²) >= 11 is 0. The van der Waals surface area contributed by atoms with Gasteiger partial charge in [-0.3, -0.25) is 10.1 Å². The molecular formula is C13H18N2O2. The highest BCUT2D eigenvalue weighted by molar-refractivity contribution is 5.34. The second-order valence-electron chi connectivity index (χ2n) is 4.70. The standard InChI is InChI=1S/C13H18N2O2/c1-2-4-11-8-13(11)14-9-10-5-3-6-12(7-10)15(16)17/h3,5-7,11,13-14H,2,4,8-9H2,1H3. The molecule has 0 heterocycles. The Balaban J connectivity index is 1.83. The molecule has 1 aromatic carbocycles. The molecule has 1 fully saturated rings. The van der Waals surface area contributed by atoms with Crippen molar-refractivity contribution in [3.8, 4) is 0 Å². The van der Waals surface area contributed by atoms with Crippen LogP contribution in [0.2, 0.25) is 0 Å². The molecule has 4 heteroatoms. The van der Waals surface area contributed by atoms with Gasteiger partial charge in [-0.25, -0.2) is 0 Å². The first kappa shape index (κ1) is 12.0. The monoisotopic (exact) mass is 234 g/mol. The quantitative estimate of drug-likeness (QED) is 0.608. The number of nitro groups is 1. The SMILES string of the molecule is CCCC1CC1NCc1cccc([N+](=O)[O-])c1. The van der Waals surface area contributed by atoms with Crippen LogP contribution in [0.4, 0.5) is 5.69 Å². The summed E-state index contributed by atoms with van der Waals surface area (Å²) in [5, 5.41) is 14.1. The van der Waals surface area contributed by atoms with Gasteiger partial charge in [0, 0.05) is 24.7 Å². The largest absolute Gasteiger partial charge is 0.310 e. The fourth-order valence-corrected chi connectivity index (χ4v) is 2.22. The van der Waals surface area contributed by atoms with Gasteiger partial charge in [-0.1, -0.05) is 25.5 Å². The molecule has 0 bridgehead atoms. The van der Waals surface area contributed by atoms with Crippen molar-refractivity contribution in [1.29, 1.82) is 0 Å². The van der Waals surface area contributed by atoms with Crippen molar-refractivity contribution >= 4 is 5.69 Å². The second-order valence-corrected chi connectivity index (χ2v) is 4.70. The van der Waals surface area contributed by atoms with E-state index in [-0.39, 0.29) is 10.6 Å². The Hall–Kier alpha value is -1.42. The summed E-state index contributed by atoms with van der Waals surface area (Å²) in [4.78, 5) is 10.3. The molecule has 2 unspecified atom stereocenters. The lowest BCUT2D eigenvalue weighted by atomic mass is 10.2. The van der Waals surface area contributed by atoms with Crippen LogP contribution in [0.25, 0.3) is 0 Å². The molecule has 0 amide bonds. The summed E-state index contributed by atoms with van der Waals surface area (Å²) in [6.07, 6.45) is 3.77. The van der Waals surface area contributed by atoms with Gasteiger partial charge in [0.2, 0.25) is 0 Å². The molecule has 0 spiro atoms. The number of hydrogen-bond donors (Lipinski definition) is 1. The van der Waals surface area contributed by atoms with Crippen LogP contribution in [0.1, 0.15) is 31.7 Å². The number of rotatable bonds is 6. The minimum absolute atomic E-state index is 0.171. The predicted octanol–water partition coefficient (Wildman–Crippen LogP) is 2.87. The highest BCUT2D eigenvalue weighted by Crippen LogP contribution is 2.34. The van der Waals surface area contributed by atoms with E-state index < -0.39 is 0 Å². The molecule has 1 aromatic rings. The summed E-state index contributed by atoms with van der Waals surface area (Å²) < 4.78 is 0. The molecule has 1 aliphatic carbocycles. The molecular weight excluding hydrogens is 216 g/mol. The van der Waals surface area contributed by atoms with Crippen LogP contribution in [0.3, 0.4) is 0 Å². The Kier molecular flexibility index (Phi) is 3.74. The lowest BCUT2D eigenvalue weighted by Gasteiger charge is -2.04. The van der Waals surface area contributed by atoms with Crippen LogP contribution in [-0.4, -0.2) is 11.0 Å². The van der Waals surface area contributed by atoms with Gasteiger partial charge in [0.1, 0.15) is 0 Å². The van der Waals surface area contributed by atoms with Gasteiger partial charge >= 0.3 is 0 Å². The van der Waals surface area contributed by atoms with Crippen molar-refractivity contribution in [3.63, 3.8) is 0 Å². The minimum atomic E-state index is -0.347. The van der Waals surface area contributed by atoms with Gasteiger partial charge < -0.3 is 5.32 Å². The minimum Gasteiger partial charge on any atom is -0.310 e. The molecule has 0 aromatic heterocycles. The molecule has 0 aliphatic heterocycles. The Bertz CT molecular complexity index is 406. The number of nitro benzene ring substituents is 1. The van der Waals surface area contributed by atoms with Crippen molar-refractivity contribution < 1.29 is 4.92 Å². The zero-order chi connectivity index (χ0) is 12.3. The topological polar surface area (TPSA) is 55.2 Å². The van der Waals surface area contributed by atoms with E-state index in [9.17, 15) is 10.1 Å². The zero-order valence-corrected chi connectivity index (χ0v) is 10.1. The van der Waals surface area contributed by atoms with Crippen LogP contribution < -0.4 is 5.32 Å². The maximum atomic E-state index is 10.6. The molecule has 1 saturated carbocycles. The molecule has 17 heavy (non-hydrogen) atoms. The van der Waals surface area contributed by atoms with Crippen molar-refractivity contribution in [3.05, 3.63) is 39.9 Å². The van der Waals surface area contributed by atoms with Gasteiger partial charge in [-0.15, -0.1) is 0 Å². The number of benzene rings is 1. The molecule has 0 saturated heterocycles. The number of nitrogens with one attached hydrogen (secondary N) is 1. The van der Waals surface area contributed by atoms with Crippen LogP contribution in [0.15, 0.2) is 24.3 Å². The highest BCUT2D eigenvalue weighted by atomic mass is 16.6. The number of nitrogens with zero attached hydrogens (tertiary/aromatic N) is 1. The summed E-state index contributed by atoms with van der Waals surface area (Å²) in [7, 11) is 0. The second kappa shape index (κ2) is 5.27. The number of hydrogen-bond acceptors (Lipinski definition) is 3. The molecule has 92 valence electrons. The van der Waals surface area contributed by atoms with E-state index in [1.807, 2.05) is 6.07 Å². The van der Waals surface area contributed by atoms with Crippen LogP contribution in [0.5, 0.6) is 0 Å². The van der Waals surface area contributed by atoms with Crippen molar-refractivity contribution in [2.45, 2.75) is 38.8 Å². The van der Waals surface area contributed by atoms with Crippen molar-refractivity contribution in [2.75, 3.05) is 0 Å². The number of non-ortho nitro benzene ring substituents is 1. The van der Waals surface area contributed by atoms with Gasteiger partial charge in [-0.05, 0) is 24.3 Å². The third-order valence-corrected chi connectivity index (χ3v) is 3.27. The van der Waals surface area contributed by atoms with E-state index in [1.165, 1.54) is 25.3 Å². The van der Waals surface area contributed by atoms with Gasteiger partial charge in [0.15, 0.2) is 0 Å². The Morgan fingerprint density at radius 2 is 2.35 bits per heavy atom. The maximum Gasteiger partial charge on any atom is 0.269 e. The summed E-state index contributed by atoms with van der Waals surface area (Å²) in [6, 6.07) is 7.46. The van der Waals surface area contributed by atoms with E-state index in [0.29, 0.717) is 6.04 Å². The molecule has 2 atom stereocenters. The third-order valence-electron chi connectivity index (χ3n) is 3.27. The lowest BCUT2D eigenvalue weighted by molar-refractivity contribution is -0.384. The summed E-state index contributed by atoms with van der Waals surface area (Å²) in [5.41, 5.74) is 1.16. The van der Waals surface area contributed by atoms with Gasteiger partial charge in [0.25, 0.3) is 5.69 Å². The lowest BCUT2D eigenvalue weighted by Crippen LogP contribution is -2.17. The average Bonchev–Trinajstić information content (AvgIpc) is 3.06. The predicted molar refractivity (Wildman–Crippen MR) is 66.7 cm³/mol. The smallest absolute Gasteiger partial charge is 0.269 e. The fraction of sp³-hybridized carbons (Fsp3) is 0.538. The third kappa shape index (κ3) is 3.27. The normalized spacial score (nSPS) is 22.4. The van der Waals surface area contributed by atoms with Crippen LogP contribution in [-0.2, 0) is 6.54 Å². The van der Waals surface area contributed by atoms with Gasteiger partial charge in [0.05, 0.1) is 4.92 Å². The van der Waals surface area contributed by atoms with E-state index in [1.54, 1.807) is 12.1 Å². The Labute approximate surface area is 101 Å². The first-order chi connectivity index (χ1) is 8.20. The molecule has 1 N–H and O–H groups in total. The average molecular weight is 234 g/mol. The van der Waals surface area contributed by atoms with Crippen molar-refractivity contribution in [2.24, 2.45) is 5.92 Å². The van der Waals surface area contributed by atoms with E-state index in [4.69, 9.17) is 0 Å². The van der Waals surface area contributed by atoms with E-state index in [0.717, 1.165) is 18.0 Å². The van der Waals surface area contributed by atoms with Crippen LogP contribution in [0, 0.1) is 16.0 Å². The maximum absolute atomic E-state index is 10.6. The van der Waals surface area contributed by atoms with E-state index >= 15 is 0 Å². The molecule has 4 nitrogen and oxygen atoms in total. The Morgan fingerprint density at radius 3 is 3.06 bits per heavy atom. The molecule has 1 aliphatic rings.